The monoisotopic (exact) mass is 740 g/mol. The van der Waals surface area contributed by atoms with Crippen LogP contribution >= 0.6 is 11.6 Å². The molecule has 1 amide bonds. The summed E-state index contributed by atoms with van der Waals surface area (Å²) < 4.78 is 42.8. The van der Waals surface area contributed by atoms with Gasteiger partial charge in [0.05, 0.1) is 10.9 Å². The summed E-state index contributed by atoms with van der Waals surface area (Å²) in [6.07, 6.45) is 9.91. The van der Waals surface area contributed by atoms with Crippen LogP contribution in [0.1, 0.15) is 81.3 Å². The molecule has 2 bridgehead atoms. The van der Waals surface area contributed by atoms with Crippen LogP contribution in [0, 0.1) is 17.8 Å². The third-order valence-corrected chi connectivity index (χ3v) is 14.6. The van der Waals surface area contributed by atoms with Gasteiger partial charge in [0.15, 0.2) is 0 Å². The largest absolute Gasteiger partial charge is 0.487 e. The van der Waals surface area contributed by atoms with E-state index in [2.05, 4.69) is 52.5 Å². The molecule has 1 saturated carbocycles. The standard InChI is InChI=1S/C40H57ClN4O5S/c1-27-10-9-18-40(49-6,26-44-22-28(2)43(5)29(3)23-44)36-16-13-33(36)24-45-19-8-7-11-31-20-35(41)15-12-34(31)25-50-38-17-14-32(21-37(38)45)39(46)42-51(47,48)30(27)4/h9,12,14-15,17-18,20-21,27-30,33,36H,7-8,10-11,13,16,19,22-26H2,1-6H3,(H,42,46)/b18-9+/t27-,28-,29+,30-,33+,36-,40+/m1/s1. The molecule has 1 saturated heterocycles. The smallest absolute Gasteiger partial charge is 0.264 e. The van der Waals surface area contributed by atoms with E-state index in [9.17, 15) is 13.2 Å². The van der Waals surface area contributed by atoms with Crippen molar-refractivity contribution in [1.82, 2.24) is 14.5 Å². The molecule has 2 fully saturated rings. The summed E-state index contributed by atoms with van der Waals surface area (Å²) in [5, 5.41) is -0.0587. The van der Waals surface area contributed by atoms with Gasteiger partial charge in [0.1, 0.15) is 18.0 Å². The van der Waals surface area contributed by atoms with Gasteiger partial charge in [-0.05, 0) is 126 Å². The van der Waals surface area contributed by atoms with Gasteiger partial charge in [-0.1, -0.05) is 36.7 Å². The zero-order valence-corrected chi connectivity index (χ0v) is 32.8. The Morgan fingerprint density at radius 1 is 1.00 bits per heavy atom. The molecule has 280 valence electrons. The van der Waals surface area contributed by atoms with Crippen LogP contribution in [0.2, 0.25) is 5.02 Å². The number of hydrogen-bond acceptors (Lipinski definition) is 8. The van der Waals surface area contributed by atoms with Gasteiger partial charge in [-0.3, -0.25) is 14.6 Å². The number of fused-ring (bicyclic) bond motifs is 3. The van der Waals surface area contributed by atoms with Gasteiger partial charge in [-0.15, -0.1) is 0 Å². The summed E-state index contributed by atoms with van der Waals surface area (Å²) in [7, 11) is 0.106. The number of likely N-dealkylation sites (N-methyl/N-ethyl adjacent to an activating group) is 1. The second kappa shape index (κ2) is 15.8. The zero-order valence-electron chi connectivity index (χ0n) is 31.2. The number of ether oxygens (including phenoxy) is 2. The first kappa shape index (κ1) is 38.1. The average Bonchev–Trinajstić information content (AvgIpc) is 3.11. The lowest BCUT2D eigenvalue weighted by Crippen LogP contribution is -2.61. The molecule has 51 heavy (non-hydrogen) atoms. The second-order valence-electron chi connectivity index (χ2n) is 15.7. The molecule has 2 aromatic carbocycles. The van der Waals surface area contributed by atoms with Crippen LogP contribution in [0.5, 0.6) is 5.75 Å². The molecule has 6 rings (SSSR count). The van der Waals surface area contributed by atoms with Crippen LogP contribution in [0.3, 0.4) is 0 Å². The molecule has 7 atom stereocenters. The molecule has 0 spiro atoms. The van der Waals surface area contributed by atoms with Crippen molar-refractivity contribution in [3.8, 4) is 5.75 Å². The van der Waals surface area contributed by atoms with Crippen molar-refractivity contribution in [2.75, 3.05) is 51.8 Å². The number of rotatable bonds is 3. The van der Waals surface area contributed by atoms with Crippen LogP contribution < -0.4 is 14.4 Å². The summed E-state index contributed by atoms with van der Waals surface area (Å²) >= 11 is 6.40. The van der Waals surface area contributed by atoms with Gasteiger partial charge in [0.25, 0.3) is 5.91 Å². The van der Waals surface area contributed by atoms with E-state index in [-0.39, 0.29) is 11.8 Å². The van der Waals surface area contributed by atoms with Crippen molar-refractivity contribution < 1.29 is 22.7 Å². The minimum Gasteiger partial charge on any atom is -0.487 e. The van der Waals surface area contributed by atoms with Crippen LogP contribution in [0.25, 0.3) is 0 Å². The molecule has 1 aliphatic carbocycles. The third kappa shape index (κ3) is 8.30. The van der Waals surface area contributed by atoms with E-state index in [1.165, 1.54) is 5.56 Å². The van der Waals surface area contributed by atoms with Crippen molar-refractivity contribution >= 4 is 33.2 Å². The topological polar surface area (TPSA) is 91.4 Å². The summed E-state index contributed by atoms with van der Waals surface area (Å²) in [5.41, 5.74) is 2.87. The number of amides is 1. The molecule has 1 N–H and O–H groups in total. The second-order valence-corrected chi connectivity index (χ2v) is 18.2. The first-order valence-electron chi connectivity index (χ1n) is 18.8. The number of sulfonamides is 1. The molecule has 4 aliphatic rings. The fourth-order valence-electron chi connectivity index (χ4n) is 8.62. The third-order valence-electron chi connectivity index (χ3n) is 12.5. The SMILES string of the molecule is CO[C@]1(CN2C[C@@H](C)N(C)[C@@H](C)C2)/C=C/C[C@@H](C)[C@@H](C)S(=O)(=O)NC(=O)c2ccc3c(c2)N(CCCCc2cc(Cl)ccc2CO3)C[C@@H]2CC[C@H]21. The molecular weight excluding hydrogens is 684 g/mol. The van der Waals surface area contributed by atoms with Crippen molar-refractivity contribution in [3.63, 3.8) is 0 Å². The molecule has 3 aliphatic heterocycles. The number of carbonyl (C=O) groups is 1. The highest BCUT2D eigenvalue weighted by molar-refractivity contribution is 7.90. The molecule has 0 unspecified atom stereocenters. The summed E-state index contributed by atoms with van der Waals surface area (Å²) in [6.45, 7) is 12.9. The van der Waals surface area contributed by atoms with E-state index >= 15 is 0 Å². The van der Waals surface area contributed by atoms with Crippen molar-refractivity contribution in [3.05, 3.63) is 70.3 Å². The van der Waals surface area contributed by atoms with Gasteiger partial charge in [-0.2, -0.15) is 0 Å². The minimum absolute atomic E-state index is 0.219. The Hall–Kier alpha value is -2.63. The first-order chi connectivity index (χ1) is 24.3. The van der Waals surface area contributed by atoms with Gasteiger partial charge >= 0.3 is 0 Å². The minimum atomic E-state index is -3.95. The van der Waals surface area contributed by atoms with Gasteiger partial charge < -0.3 is 14.4 Å². The number of carbonyl (C=O) groups excluding carboxylic acids is 1. The number of benzene rings is 2. The number of nitrogens with one attached hydrogen (secondary N) is 1. The number of anilines is 1. The van der Waals surface area contributed by atoms with Crippen LogP contribution in [-0.4, -0.2) is 93.9 Å². The number of methoxy groups -OCH3 is 1. The Labute approximate surface area is 310 Å². The highest BCUT2D eigenvalue weighted by Crippen LogP contribution is 2.47. The maximum Gasteiger partial charge on any atom is 0.264 e. The van der Waals surface area contributed by atoms with E-state index in [1.54, 1.807) is 13.0 Å². The highest BCUT2D eigenvalue weighted by atomic mass is 35.5. The Balaban J connectivity index is 1.40. The van der Waals surface area contributed by atoms with E-state index in [1.807, 2.05) is 44.4 Å². The Kier molecular flexibility index (Phi) is 11.8. The number of aryl methyl sites for hydroxylation is 1. The normalized spacial score (nSPS) is 33.0. The van der Waals surface area contributed by atoms with E-state index in [4.69, 9.17) is 21.1 Å². The lowest BCUT2D eigenvalue weighted by atomic mass is 9.63. The van der Waals surface area contributed by atoms with Crippen LogP contribution in [0.4, 0.5) is 5.69 Å². The number of allylic oxidation sites excluding steroid dienone is 1. The Morgan fingerprint density at radius 2 is 1.76 bits per heavy atom. The van der Waals surface area contributed by atoms with Crippen molar-refractivity contribution in [1.29, 1.82) is 0 Å². The number of piperazine rings is 1. The maximum atomic E-state index is 13.6. The lowest BCUT2D eigenvalue weighted by Gasteiger charge is -2.53. The number of nitrogens with zero attached hydrogens (tertiary/aromatic N) is 3. The first-order valence-corrected chi connectivity index (χ1v) is 20.7. The lowest BCUT2D eigenvalue weighted by molar-refractivity contribution is -0.101. The average molecular weight is 741 g/mol. The fraction of sp³-hybridized carbons (Fsp3) is 0.625. The predicted molar refractivity (Wildman–Crippen MR) is 205 cm³/mol. The predicted octanol–water partition coefficient (Wildman–Crippen LogP) is 6.54. The molecule has 0 radical (unpaired) electrons. The number of hydrogen-bond donors (Lipinski definition) is 1. The summed E-state index contributed by atoms with van der Waals surface area (Å²) in [6, 6.07) is 12.2. The molecule has 9 nitrogen and oxygen atoms in total. The summed E-state index contributed by atoms with van der Waals surface area (Å²) in [4.78, 5) is 21.0. The Morgan fingerprint density at radius 3 is 2.47 bits per heavy atom. The zero-order chi connectivity index (χ0) is 36.5. The van der Waals surface area contributed by atoms with Crippen molar-refractivity contribution in [2.24, 2.45) is 17.8 Å². The van der Waals surface area contributed by atoms with Gasteiger partial charge in [-0.25, -0.2) is 13.1 Å². The van der Waals surface area contributed by atoms with Crippen LogP contribution in [-0.2, 0) is 27.8 Å². The van der Waals surface area contributed by atoms with Crippen LogP contribution in [0.15, 0.2) is 48.6 Å². The van der Waals surface area contributed by atoms with Crippen molar-refractivity contribution in [2.45, 2.75) is 95.8 Å². The van der Waals surface area contributed by atoms with E-state index in [0.717, 1.165) is 81.1 Å². The van der Waals surface area contributed by atoms with Gasteiger partial charge in [0, 0.05) is 62.5 Å². The fourth-order valence-corrected chi connectivity index (χ4v) is 10.1. The molecule has 11 heteroatoms. The molecule has 3 heterocycles. The number of halogens is 1. The molecular formula is C40H57ClN4O5S. The van der Waals surface area contributed by atoms with E-state index in [0.29, 0.717) is 42.3 Å². The Bertz CT molecular complexity index is 1690. The quantitative estimate of drug-likeness (QED) is 0.355. The summed E-state index contributed by atoms with van der Waals surface area (Å²) in [5.74, 6) is 0.463. The molecule has 0 aromatic heterocycles. The molecule has 2 aromatic rings. The maximum absolute atomic E-state index is 13.6. The highest BCUT2D eigenvalue weighted by Gasteiger charge is 2.49. The van der Waals surface area contributed by atoms with Gasteiger partial charge in [0.2, 0.25) is 10.0 Å². The van der Waals surface area contributed by atoms with E-state index < -0.39 is 26.8 Å².